The van der Waals surface area contributed by atoms with Crippen molar-refractivity contribution >= 4 is 20.4 Å². The molecule has 1 heterocycles. The normalized spacial score (nSPS) is 18.2. The molecule has 0 amide bonds. The molecule has 0 radical (unpaired) electrons. The molecule has 1 aliphatic heterocycles. The number of rotatable bonds is 7. The Kier molecular flexibility index (Phi) is 7.65. The van der Waals surface area contributed by atoms with Crippen LogP contribution in [-0.4, -0.2) is 33.6 Å². The third-order valence-electron chi connectivity index (χ3n) is 3.37. The SMILES string of the molecule is CCCCCC/C=[C](/B1OCCCO1)[Ge]([CH3])([CH3])[CH3]. The van der Waals surface area contributed by atoms with Crippen molar-refractivity contribution in [1.82, 2.24) is 0 Å². The summed E-state index contributed by atoms with van der Waals surface area (Å²) in [4.78, 5) is 0. The van der Waals surface area contributed by atoms with E-state index in [0.29, 0.717) is 0 Å². The second kappa shape index (κ2) is 8.44. The molecule has 1 fully saturated rings. The Morgan fingerprint density at radius 3 is 2.33 bits per heavy atom. The van der Waals surface area contributed by atoms with Gasteiger partial charge in [-0.05, 0) is 0 Å². The second-order valence-corrected chi connectivity index (χ2v) is 16.8. The first-order valence-corrected chi connectivity index (χ1v) is 14.8. The van der Waals surface area contributed by atoms with Gasteiger partial charge in [0.05, 0.1) is 0 Å². The van der Waals surface area contributed by atoms with Crippen molar-refractivity contribution in [3.63, 3.8) is 0 Å². The first kappa shape index (κ1) is 16.3. The third-order valence-corrected chi connectivity index (χ3v) is 7.93. The third kappa shape index (κ3) is 5.94. The van der Waals surface area contributed by atoms with E-state index in [4.69, 9.17) is 9.31 Å². The predicted molar refractivity (Wildman–Crippen MR) is 82.5 cm³/mol. The van der Waals surface area contributed by atoms with Crippen molar-refractivity contribution in [3.05, 3.63) is 10.4 Å². The van der Waals surface area contributed by atoms with E-state index < -0.39 is 13.3 Å². The van der Waals surface area contributed by atoms with Crippen molar-refractivity contribution in [1.29, 1.82) is 0 Å². The molecule has 0 unspecified atom stereocenters. The minimum absolute atomic E-state index is 0.0232. The zero-order valence-electron chi connectivity index (χ0n) is 12.6. The molecule has 0 saturated carbocycles. The summed E-state index contributed by atoms with van der Waals surface area (Å²) in [5.74, 6) is 7.29. The number of unbranched alkanes of at least 4 members (excludes halogenated alkanes) is 4. The van der Waals surface area contributed by atoms with Gasteiger partial charge in [-0.15, -0.1) is 0 Å². The minimum atomic E-state index is -1.84. The van der Waals surface area contributed by atoms with E-state index in [-0.39, 0.29) is 7.12 Å². The maximum absolute atomic E-state index is 5.80. The molecule has 0 aromatic heterocycles. The Morgan fingerprint density at radius 1 is 1.11 bits per heavy atom. The molecule has 1 rings (SSSR count). The van der Waals surface area contributed by atoms with E-state index >= 15 is 0 Å². The summed E-state index contributed by atoms with van der Waals surface area (Å²) < 4.78 is 13.1. The first-order valence-electron chi connectivity index (χ1n) is 7.49. The summed E-state index contributed by atoms with van der Waals surface area (Å²) >= 11 is -1.84. The molecule has 0 aromatic rings. The summed E-state index contributed by atoms with van der Waals surface area (Å²) in [6, 6.07) is 0. The molecule has 4 heteroatoms. The van der Waals surface area contributed by atoms with Crippen LogP contribution in [0, 0.1) is 0 Å². The van der Waals surface area contributed by atoms with Crippen LogP contribution in [0.2, 0.25) is 17.3 Å². The van der Waals surface area contributed by atoms with Crippen LogP contribution in [0.15, 0.2) is 10.4 Å². The van der Waals surface area contributed by atoms with Crippen LogP contribution in [0.5, 0.6) is 0 Å². The van der Waals surface area contributed by atoms with Crippen LogP contribution >= 0.6 is 0 Å². The molecule has 2 nitrogen and oxygen atoms in total. The Labute approximate surface area is 116 Å². The molecule has 0 aliphatic carbocycles. The Balaban J connectivity index is 2.51. The van der Waals surface area contributed by atoms with Crippen LogP contribution < -0.4 is 0 Å². The van der Waals surface area contributed by atoms with Gasteiger partial charge in [0, 0.05) is 0 Å². The van der Waals surface area contributed by atoms with Gasteiger partial charge < -0.3 is 0 Å². The van der Waals surface area contributed by atoms with Crippen molar-refractivity contribution in [2.45, 2.75) is 62.7 Å². The summed E-state index contributed by atoms with van der Waals surface area (Å²) in [6.45, 7) is 3.97. The van der Waals surface area contributed by atoms with Crippen LogP contribution in [0.4, 0.5) is 0 Å². The van der Waals surface area contributed by atoms with E-state index in [1.807, 2.05) is 0 Å². The van der Waals surface area contributed by atoms with Crippen molar-refractivity contribution < 1.29 is 9.31 Å². The van der Waals surface area contributed by atoms with Gasteiger partial charge in [-0.1, -0.05) is 0 Å². The van der Waals surface area contributed by atoms with E-state index in [1.165, 1.54) is 36.4 Å². The summed E-state index contributed by atoms with van der Waals surface area (Å²) in [5, 5.41) is 0. The molecule has 104 valence electrons. The second-order valence-electron chi connectivity index (χ2n) is 6.19. The molecule has 0 bridgehead atoms. The molecule has 1 saturated heterocycles. The number of hydrogen-bond acceptors (Lipinski definition) is 2. The summed E-state index contributed by atoms with van der Waals surface area (Å²) in [7, 11) is -0.0232. The fourth-order valence-electron chi connectivity index (χ4n) is 2.25. The molecule has 18 heavy (non-hydrogen) atoms. The van der Waals surface area contributed by atoms with Gasteiger partial charge in [0.2, 0.25) is 0 Å². The number of hydrogen-bond donors (Lipinski definition) is 0. The molecule has 0 spiro atoms. The van der Waals surface area contributed by atoms with Gasteiger partial charge in [-0.25, -0.2) is 0 Å². The first-order chi connectivity index (χ1) is 8.55. The van der Waals surface area contributed by atoms with Gasteiger partial charge in [-0.3, -0.25) is 0 Å². The standard InChI is InChI=1S/C14H29BGeO2/c1-5-6-7-8-9-11-14(16(2,3)4)15-17-12-10-13-18-15/h11H,5-10,12-13H2,1-4H3/b14-11-. The molecular formula is C14H29BGeO2. The predicted octanol–water partition coefficient (Wildman–Crippen LogP) is 4.22. The van der Waals surface area contributed by atoms with E-state index in [2.05, 4.69) is 30.3 Å². The van der Waals surface area contributed by atoms with Gasteiger partial charge in [0.1, 0.15) is 0 Å². The van der Waals surface area contributed by atoms with E-state index in [0.717, 1.165) is 19.6 Å². The van der Waals surface area contributed by atoms with Crippen LogP contribution in [-0.2, 0) is 9.31 Å². The summed E-state index contributed by atoms with van der Waals surface area (Å²) in [5.41, 5.74) is 0. The molecule has 0 atom stereocenters. The van der Waals surface area contributed by atoms with Crippen LogP contribution in [0.1, 0.15) is 45.4 Å². The summed E-state index contributed by atoms with van der Waals surface area (Å²) in [6.07, 6.45) is 10.00. The topological polar surface area (TPSA) is 18.5 Å². The van der Waals surface area contributed by atoms with Gasteiger partial charge in [0.25, 0.3) is 0 Å². The molecule has 1 aliphatic rings. The van der Waals surface area contributed by atoms with Crippen LogP contribution in [0.3, 0.4) is 0 Å². The Hall–Kier alpha value is 0.268. The average molecular weight is 313 g/mol. The van der Waals surface area contributed by atoms with Gasteiger partial charge >= 0.3 is 116 Å². The van der Waals surface area contributed by atoms with Crippen molar-refractivity contribution in [2.75, 3.05) is 13.2 Å². The van der Waals surface area contributed by atoms with Crippen molar-refractivity contribution in [2.24, 2.45) is 0 Å². The molecule has 0 aromatic carbocycles. The van der Waals surface area contributed by atoms with Crippen molar-refractivity contribution in [3.8, 4) is 0 Å². The average Bonchev–Trinajstić information content (AvgIpc) is 2.33. The zero-order chi connectivity index (χ0) is 13.4. The quantitative estimate of drug-likeness (QED) is 0.517. The van der Waals surface area contributed by atoms with E-state index in [1.54, 1.807) is 0 Å². The maximum atomic E-state index is 5.80. The fraction of sp³-hybridized carbons (Fsp3) is 0.857. The van der Waals surface area contributed by atoms with Crippen LogP contribution in [0.25, 0.3) is 0 Å². The Morgan fingerprint density at radius 2 is 1.78 bits per heavy atom. The Bertz CT molecular complexity index is 255. The van der Waals surface area contributed by atoms with E-state index in [9.17, 15) is 0 Å². The number of allylic oxidation sites excluding steroid dienone is 1. The zero-order valence-corrected chi connectivity index (χ0v) is 14.7. The molecular weight excluding hydrogens is 284 g/mol. The fourth-order valence-corrected chi connectivity index (χ4v) is 5.67. The molecule has 0 N–H and O–H groups in total. The van der Waals surface area contributed by atoms with Gasteiger partial charge in [-0.2, -0.15) is 0 Å². The monoisotopic (exact) mass is 314 g/mol. The van der Waals surface area contributed by atoms with Gasteiger partial charge in [0.15, 0.2) is 0 Å².